The van der Waals surface area contributed by atoms with Crippen LogP contribution in [0.25, 0.3) is 0 Å². The molecule has 1 N–H and O–H groups in total. The van der Waals surface area contributed by atoms with Crippen LogP contribution in [0.15, 0.2) is 29.2 Å². The molecule has 0 heterocycles. The average Bonchev–Trinajstić information content (AvgIpc) is 3.13. The largest absolute Gasteiger partial charge is 0.314 e. The molecule has 1 aromatic carbocycles. The van der Waals surface area contributed by atoms with Crippen LogP contribution in [0.4, 0.5) is 5.69 Å². The number of hydrogen-bond acceptors (Lipinski definition) is 4. The summed E-state index contributed by atoms with van der Waals surface area (Å²) in [6.45, 7) is 1.01. The number of hydrogen-bond donors (Lipinski definition) is 1. The fraction of sp³-hybridized carbons (Fsp3) is 0.500. The molecule has 0 bridgehead atoms. The first-order valence-electron chi connectivity index (χ1n) is 5.87. The maximum Gasteiger partial charge on any atom is 0.282 e. The molecule has 0 aliphatic heterocycles. The third-order valence-electron chi connectivity index (χ3n) is 2.65. The second-order valence-corrected chi connectivity index (χ2v) is 5.29. The van der Waals surface area contributed by atoms with Gasteiger partial charge in [-0.25, -0.2) is 0 Å². The second kappa shape index (κ2) is 6.02. The van der Waals surface area contributed by atoms with Crippen molar-refractivity contribution in [2.24, 2.45) is 0 Å². The van der Waals surface area contributed by atoms with Crippen molar-refractivity contribution in [2.45, 2.75) is 30.2 Å². The van der Waals surface area contributed by atoms with Gasteiger partial charge in [0.25, 0.3) is 5.69 Å². The van der Waals surface area contributed by atoms with Gasteiger partial charge in [-0.15, -0.1) is 11.8 Å². The van der Waals surface area contributed by atoms with Gasteiger partial charge in [0.15, 0.2) is 0 Å². The van der Waals surface area contributed by atoms with E-state index in [1.165, 1.54) is 12.8 Å². The predicted octanol–water partition coefficient (Wildman–Crippen LogP) is 2.83. The van der Waals surface area contributed by atoms with E-state index in [2.05, 4.69) is 5.32 Å². The molecular formula is C12H16N2O2S. The van der Waals surface area contributed by atoms with Crippen LogP contribution in [0.5, 0.6) is 0 Å². The summed E-state index contributed by atoms with van der Waals surface area (Å²) < 4.78 is 0. The minimum Gasteiger partial charge on any atom is -0.314 e. The van der Waals surface area contributed by atoms with Gasteiger partial charge in [0, 0.05) is 12.1 Å². The number of para-hydroxylation sites is 1. The molecule has 0 radical (unpaired) electrons. The molecule has 0 spiro atoms. The van der Waals surface area contributed by atoms with Crippen molar-refractivity contribution in [3.63, 3.8) is 0 Å². The molecule has 1 aromatic rings. The number of nitrogens with one attached hydrogen (secondary N) is 1. The molecule has 0 amide bonds. The van der Waals surface area contributed by atoms with Crippen molar-refractivity contribution in [3.05, 3.63) is 34.4 Å². The van der Waals surface area contributed by atoms with Crippen molar-refractivity contribution in [2.75, 3.05) is 12.3 Å². The highest BCUT2D eigenvalue weighted by Gasteiger charge is 2.19. The summed E-state index contributed by atoms with van der Waals surface area (Å²) >= 11 is 1.57. The molecule has 0 saturated heterocycles. The minimum atomic E-state index is -0.315. The molecule has 1 aliphatic rings. The van der Waals surface area contributed by atoms with E-state index in [0.717, 1.165) is 29.7 Å². The molecule has 92 valence electrons. The third kappa shape index (κ3) is 4.02. The Hall–Kier alpha value is -1.07. The Balaban J connectivity index is 1.75. The zero-order valence-corrected chi connectivity index (χ0v) is 10.4. The maximum absolute atomic E-state index is 10.8. The predicted molar refractivity (Wildman–Crippen MR) is 69.5 cm³/mol. The Morgan fingerprint density at radius 1 is 1.41 bits per heavy atom. The highest BCUT2D eigenvalue weighted by atomic mass is 32.2. The lowest BCUT2D eigenvalue weighted by atomic mass is 10.3. The first-order valence-corrected chi connectivity index (χ1v) is 6.85. The SMILES string of the molecule is O=[N+]([O-])c1ccccc1SCCCNC1CC1. The molecule has 4 nitrogen and oxygen atoms in total. The van der Waals surface area contributed by atoms with E-state index in [1.54, 1.807) is 23.9 Å². The van der Waals surface area contributed by atoms with Gasteiger partial charge >= 0.3 is 0 Å². The van der Waals surface area contributed by atoms with Gasteiger partial charge in [0.05, 0.1) is 9.82 Å². The minimum absolute atomic E-state index is 0.215. The van der Waals surface area contributed by atoms with E-state index in [9.17, 15) is 10.1 Å². The van der Waals surface area contributed by atoms with E-state index >= 15 is 0 Å². The summed E-state index contributed by atoms with van der Waals surface area (Å²) in [6.07, 6.45) is 3.65. The highest BCUT2D eigenvalue weighted by molar-refractivity contribution is 7.99. The third-order valence-corrected chi connectivity index (χ3v) is 3.80. The molecule has 0 atom stereocenters. The summed E-state index contributed by atoms with van der Waals surface area (Å²) in [6, 6.07) is 7.67. The highest BCUT2D eigenvalue weighted by Crippen LogP contribution is 2.28. The molecule has 2 rings (SSSR count). The molecule has 1 saturated carbocycles. The first-order chi connectivity index (χ1) is 8.27. The zero-order valence-electron chi connectivity index (χ0n) is 9.59. The van der Waals surface area contributed by atoms with Crippen molar-refractivity contribution in [1.29, 1.82) is 0 Å². The smallest absolute Gasteiger partial charge is 0.282 e. The second-order valence-electron chi connectivity index (χ2n) is 4.16. The van der Waals surface area contributed by atoms with Crippen LogP contribution < -0.4 is 5.32 Å². The Kier molecular flexibility index (Phi) is 4.39. The fourth-order valence-corrected chi connectivity index (χ4v) is 2.55. The van der Waals surface area contributed by atoms with Gasteiger partial charge in [-0.3, -0.25) is 10.1 Å². The Bertz CT molecular complexity index is 394. The van der Waals surface area contributed by atoms with Crippen molar-refractivity contribution in [1.82, 2.24) is 5.32 Å². The summed E-state index contributed by atoms with van der Waals surface area (Å²) in [4.78, 5) is 11.2. The molecule has 1 fully saturated rings. The maximum atomic E-state index is 10.8. The molecule has 1 aliphatic carbocycles. The number of nitrogens with zero attached hydrogens (tertiary/aromatic N) is 1. The molecule has 0 aromatic heterocycles. The van der Waals surface area contributed by atoms with Gasteiger partial charge in [0.2, 0.25) is 0 Å². The van der Waals surface area contributed by atoms with Crippen molar-refractivity contribution < 1.29 is 4.92 Å². The number of nitro groups is 1. The summed E-state index contributed by atoms with van der Waals surface area (Å²) in [5.41, 5.74) is 0.215. The molecular weight excluding hydrogens is 236 g/mol. The fourth-order valence-electron chi connectivity index (χ4n) is 1.58. The van der Waals surface area contributed by atoms with Crippen LogP contribution >= 0.6 is 11.8 Å². The van der Waals surface area contributed by atoms with E-state index in [0.29, 0.717) is 0 Å². The number of rotatable bonds is 7. The average molecular weight is 252 g/mol. The lowest BCUT2D eigenvalue weighted by Crippen LogP contribution is -2.17. The van der Waals surface area contributed by atoms with E-state index in [1.807, 2.05) is 12.1 Å². The number of benzene rings is 1. The van der Waals surface area contributed by atoms with Crippen LogP contribution in [-0.4, -0.2) is 23.3 Å². The molecule has 0 unspecified atom stereocenters. The topological polar surface area (TPSA) is 55.2 Å². The van der Waals surface area contributed by atoms with Crippen LogP contribution in [0, 0.1) is 10.1 Å². The van der Waals surface area contributed by atoms with Crippen LogP contribution in [-0.2, 0) is 0 Å². The van der Waals surface area contributed by atoms with Crippen LogP contribution in [0.3, 0.4) is 0 Å². The monoisotopic (exact) mass is 252 g/mol. The van der Waals surface area contributed by atoms with E-state index < -0.39 is 0 Å². The molecule has 5 heteroatoms. The Morgan fingerprint density at radius 3 is 2.88 bits per heavy atom. The lowest BCUT2D eigenvalue weighted by molar-refractivity contribution is -0.387. The Labute approximate surface area is 105 Å². The van der Waals surface area contributed by atoms with Gasteiger partial charge in [0.1, 0.15) is 0 Å². The van der Waals surface area contributed by atoms with E-state index in [4.69, 9.17) is 0 Å². The van der Waals surface area contributed by atoms with Crippen LogP contribution in [0.2, 0.25) is 0 Å². The van der Waals surface area contributed by atoms with Gasteiger partial charge < -0.3 is 5.32 Å². The number of thioether (sulfide) groups is 1. The number of nitro benzene ring substituents is 1. The summed E-state index contributed by atoms with van der Waals surface area (Å²) in [5, 5.41) is 14.2. The standard InChI is InChI=1S/C12H16N2O2S/c15-14(16)11-4-1-2-5-12(11)17-9-3-8-13-10-6-7-10/h1-2,4-5,10,13H,3,6-9H2. The quantitative estimate of drug-likeness (QED) is 0.351. The van der Waals surface area contributed by atoms with E-state index in [-0.39, 0.29) is 10.6 Å². The molecule has 17 heavy (non-hydrogen) atoms. The lowest BCUT2D eigenvalue weighted by Gasteiger charge is -2.03. The summed E-state index contributed by atoms with van der Waals surface area (Å²) in [7, 11) is 0. The van der Waals surface area contributed by atoms with Crippen molar-refractivity contribution >= 4 is 17.4 Å². The van der Waals surface area contributed by atoms with Gasteiger partial charge in [-0.05, 0) is 37.6 Å². The van der Waals surface area contributed by atoms with Crippen molar-refractivity contribution in [3.8, 4) is 0 Å². The first kappa shape index (κ1) is 12.4. The normalized spacial score (nSPS) is 14.8. The van der Waals surface area contributed by atoms with Crippen LogP contribution in [0.1, 0.15) is 19.3 Å². The Morgan fingerprint density at radius 2 is 2.18 bits per heavy atom. The zero-order chi connectivity index (χ0) is 12.1. The summed E-state index contributed by atoms with van der Waals surface area (Å²) in [5.74, 6) is 0.921. The van der Waals surface area contributed by atoms with Gasteiger partial charge in [-0.2, -0.15) is 0 Å². The van der Waals surface area contributed by atoms with Gasteiger partial charge in [-0.1, -0.05) is 12.1 Å².